The van der Waals surface area contributed by atoms with Crippen molar-refractivity contribution in [2.45, 2.75) is 33.3 Å². The molecule has 0 atom stereocenters. The van der Waals surface area contributed by atoms with E-state index in [1.54, 1.807) is 20.8 Å². The number of amides is 2. The van der Waals surface area contributed by atoms with Gasteiger partial charge in [0.1, 0.15) is 11.4 Å². The number of halogens is 2. The second-order valence-electron chi connectivity index (χ2n) is 5.94. The van der Waals surface area contributed by atoms with Crippen LogP contribution in [-0.4, -0.2) is 42.1 Å². The van der Waals surface area contributed by atoms with Crippen molar-refractivity contribution in [2.75, 3.05) is 19.6 Å². The fourth-order valence-electron chi connectivity index (χ4n) is 1.78. The van der Waals surface area contributed by atoms with E-state index in [-0.39, 0.29) is 11.7 Å². The second kappa shape index (κ2) is 8.47. The number of nitrogens with one attached hydrogen (secondary N) is 1. The lowest BCUT2D eigenvalue weighted by atomic mass is 10.2. The van der Waals surface area contributed by atoms with Crippen molar-refractivity contribution in [2.24, 2.45) is 0 Å². The zero-order valence-corrected chi connectivity index (χ0v) is 15.9. The van der Waals surface area contributed by atoms with Gasteiger partial charge in [-0.1, -0.05) is 0 Å². The fourth-order valence-corrected chi connectivity index (χ4v) is 2.50. The Morgan fingerprint density at radius 1 is 1.35 bits per heavy atom. The Labute approximate surface area is 149 Å². The van der Waals surface area contributed by atoms with E-state index in [4.69, 9.17) is 4.74 Å². The number of carbonyl (C=O) groups excluding carboxylic acids is 2. The number of benzene rings is 1. The van der Waals surface area contributed by atoms with E-state index in [9.17, 15) is 14.0 Å². The molecule has 0 saturated heterocycles. The summed E-state index contributed by atoms with van der Waals surface area (Å²) in [6.45, 7) is 8.37. The minimum atomic E-state index is -0.558. The number of rotatable bonds is 5. The van der Waals surface area contributed by atoms with Crippen molar-refractivity contribution < 1.29 is 18.7 Å². The molecule has 0 unspecified atom stereocenters. The van der Waals surface area contributed by atoms with E-state index in [1.807, 2.05) is 29.5 Å². The summed E-state index contributed by atoms with van der Waals surface area (Å²) in [4.78, 5) is 25.6. The van der Waals surface area contributed by atoms with Crippen molar-refractivity contribution in [1.29, 1.82) is 0 Å². The fraction of sp³-hybridized carbons (Fsp3) is 0.500. The number of nitrogens with zero attached hydrogens (tertiary/aromatic N) is 1. The summed E-state index contributed by atoms with van der Waals surface area (Å²) < 4.78 is 18.9. The van der Waals surface area contributed by atoms with Gasteiger partial charge in [0.25, 0.3) is 5.91 Å². The molecule has 0 aromatic heterocycles. The van der Waals surface area contributed by atoms with E-state index >= 15 is 0 Å². The van der Waals surface area contributed by atoms with Crippen molar-refractivity contribution in [3.63, 3.8) is 0 Å². The van der Waals surface area contributed by atoms with Gasteiger partial charge in [0, 0.05) is 23.2 Å². The molecule has 1 rings (SSSR count). The van der Waals surface area contributed by atoms with Crippen LogP contribution in [0.25, 0.3) is 0 Å². The standard InChI is InChI=1S/C16H22FIN2O3/c1-5-20(15(22)23-16(2,3)4)9-8-19-14(21)12-7-6-11(17)10-13(12)18/h6-7,10H,5,8-9H2,1-4H3,(H,19,21). The van der Waals surface area contributed by atoms with Crippen LogP contribution in [-0.2, 0) is 4.74 Å². The van der Waals surface area contributed by atoms with Gasteiger partial charge in [-0.2, -0.15) is 0 Å². The summed E-state index contributed by atoms with van der Waals surface area (Å²) in [5.41, 5.74) is -0.148. The highest BCUT2D eigenvalue weighted by Crippen LogP contribution is 2.14. The number of ether oxygens (including phenoxy) is 1. The SMILES string of the molecule is CCN(CCNC(=O)c1ccc(F)cc1I)C(=O)OC(C)(C)C. The van der Waals surface area contributed by atoms with Crippen LogP contribution in [0.1, 0.15) is 38.1 Å². The molecule has 0 fully saturated rings. The van der Waals surface area contributed by atoms with Crippen LogP contribution in [0.15, 0.2) is 18.2 Å². The van der Waals surface area contributed by atoms with E-state index in [0.717, 1.165) is 0 Å². The first-order valence-electron chi connectivity index (χ1n) is 7.35. The molecule has 1 N–H and O–H groups in total. The van der Waals surface area contributed by atoms with Gasteiger partial charge in [-0.05, 0) is 68.5 Å². The smallest absolute Gasteiger partial charge is 0.410 e. The van der Waals surface area contributed by atoms with Crippen molar-refractivity contribution in [3.05, 3.63) is 33.1 Å². The van der Waals surface area contributed by atoms with E-state index in [2.05, 4.69) is 5.32 Å². The van der Waals surface area contributed by atoms with Crippen LogP contribution in [0, 0.1) is 9.39 Å². The maximum Gasteiger partial charge on any atom is 0.410 e. The third-order valence-corrected chi connectivity index (χ3v) is 3.77. The highest BCUT2D eigenvalue weighted by Gasteiger charge is 2.21. The van der Waals surface area contributed by atoms with Crippen molar-refractivity contribution in [1.82, 2.24) is 10.2 Å². The van der Waals surface area contributed by atoms with Crippen LogP contribution in [0.5, 0.6) is 0 Å². The average Bonchev–Trinajstić information content (AvgIpc) is 2.41. The van der Waals surface area contributed by atoms with Crippen LogP contribution in [0.3, 0.4) is 0 Å². The van der Waals surface area contributed by atoms with Crippen LogP contribution in [0.2, 0.25) is 0 Å². The molecule has 1 aromatic carbocycles. The average molecular weight is 436 g/mol. The largest absolute Gasteiger partial charge is 0.444 e. The Morgan fingerprint density at radius 3 is 2.52 bits per heavy atom. The predicted molar refractivity (Wildman–Crippen MR) is 94.9 cm³/mol. The van der Waals surface area contributed by atoms with Gasteiger partial charge in [-0.15, -0.1) is 0 Å². The van der Waals surface area contributed by atoms with Gasteiger partial charge in [-0.3, -0.25) is 4.79 Å². The molecular weight excluding hydrogens is 414 g/mol. The molecule has 5 nitrogen and oxygen atoms in total. The highest BCUT2D eigenvalue weighted by molar-refractivity contribution is 14.1. The number of carbonyl (C=O) groups is 2. The predicted octanol–water partition coefficient (Wildman–Crippen LogP) is 3.42. The molecule has 0 aliphatic rings. The first-order valence-corrected chi connectivity index (χ1v) is 8.43. The molecule has 0 heterocycles. The lowest BCUT2D eigenvalue weighted by molar-refractivity contribution is 0.0261. The first kappa shape index (κ1) is 19.7. The first-order chi connectivity index (χ1) is 10.6. The monoisotopic (exact) mass is 436 g/mol. The molecule has 0 aliphatic carbocycles. The molecule has 0 spiro atoms. The Morgan fingerprint density at radius 2 is 2.00 bits per heavy atom. The molecule has 0 radical (unpaired) electrons. The summed E-state index contributed by atoms with van der Waals surface area (Å²) in [7, 11) is 0. The lowest BCUT2D eigenvalue weighted by Gasteiger charge is -2.26. The van der Waals surface area contributed by atoms with Gasteiger partial charge < -0.3 is 15.0 Å². The summed E-state index contributed by atoms with van der Waals surface area (Å²) >= 11 is 1.91. The molecule has 0 aliphatic heterocycles. The van der Waals surface area contributed by atoms with Gasteiger partial charge >= 0.3 is 6.09 Å². The third-order valence-electron chi connectivity index (χ3n) is 2.88. The topological polar surface area (TPSA) is 58.6 Å². The normalized spacial score (nSPS) is 11.0. The molecule has 0 bridgehead atoms. The Balaban J connectivity index is 2.54. The molecule has 7 heteroatoms. The molecule has 128 valence electrons. The number of hydrogen-bond acceptors (Lipinski definition) is 3. The minimum absolute atomic E-state index is 0.291. The number of likely N-dealkylation sites (N-methyl/N-ethyl adjacent to an activating group) is 1. The van der Waals surface area contributed by atoms with E-state index < -0.39 is 11.7 Å². The molecule has 1 aromatic rings. The molecule has 23 heavy (non-hydrogen) atoms. The quantitative estimate of drug-likeness (QED) is 0.720. The Kier molecular flexibility index (Phi) is 7.24. The molecule has 2 amide bonds. The zero-order chi connectivity index (χ0) is 17.6. The maximum atomic E-state index is 13.0. The third kappa shape index (κ3) is 6.72. The molecular formula is C16H22FIN2O3. The van der Waals surface area contributed by atoms with Crippen LogP contribution >= 0.6 is 22.6 Å². The molecule has 0 saturated carbocycles. The zero-order valence-electron chi connectivity index (χ0n) is 13.8. The van der Waals surface area contributed by atoms with Crippen LogP contribution < -0.4 is 5.32 Å². The Bertz CT molecular complexity index is 573. The summed E-state index contributed by atoms with van der Waals surface area (Å²) in [6.07, 6.45) is -0.411. The maximum absolute atomic E-state index is 13.0. The summed E-state index contributed by atoms with van der Waals surface area (Å²) in [5, 5.41) is 2.73. The minimum Gasteiger partial charge on any atom is -0.444 e. The second-order valence-corrected chi connectivity index (χ2v) is 7.10. The van der Waals surface area contributed by atoms with Crippen molar-refractivity contribution in [3.8, 4) is 0 Å². The van der Waals surface area contributed by atoms with Gasteiger partial charge in [0.15, 0.2) is 0 Å². The number of hydrogen-bond donors (Lipinski definition) is 1. The lowest BCUT2D eigenvalue weighted by Crippen LogP contribution is -2.41. The summed E-state index contributed by atoms with van der Waals surface area (Å²) in [6, 6.07) is 3.99. The highest BCUT2D eigenvalue weighted by atomic mass is 127. The summed E-state index contributed by atoms with van der Waals surface area (Å²) in [5.74, 6) is -0.678. The van der Waals surface area contributed by atoms with Gasteiger partial charge in [0.05, 0.1) is 5.56 Å². The van der Waals surface area contributed by atoms with Gasteiger partial charge in [-0.25, -0.2) is 9.18 Å². The van der Waals surface area contributed by atoms with Gasteiger partial charge in [0.2, 0.25) is 0 Å². The Hall–Kier alpha value is -1.38. The van der Waals surface area contributed by atoms with E-state index in [0.29, 0.717) is 28.8 Å². The van der Waals surface area contributed by atoms with Crippen LogP contribution in [0.4, 0.5) is 9.18 Å². The van der Waals surface area contributed by atoms with E-state index in [1.165, 1.54) is 23.1 Å². The van der Waals surface area contributed by atoms with Crippen molar-refractivity contribution >= 4 is 34.6 Å².